The van der Waals surface area contributed by atoms with Crippen LogP contribution < -0.4 is 4.90 Å². The van der Waals surface area contributed by atoms with Gasteiger partial charge in [0.15, 0.2) is 5.65 Å². The smallest absolute Gasteiger partial charge is 0.253 e. The van der Waals surface area contributed by atoms with E-state index in [1.807, 2.05) is 78.0 Å². The van der Waals surface area contributed by atoms with Gasteiger partial charge in [0.1, 0.15) is 11.6 Å². The highest BCUT2D eigenvalue weighted by Crippen LogP contribution is 2.31. The van der Waals surface area contributed by atoms with E-state index < -0.39 is 0 Å². The molecule has 0 saturated carbocycles. The Morgan fingerprint density at radius 1 is 0.970 bits per heavy atom. The number of carbonyl (C=O) groups is 1. The maximum atomic E-state index is 12.9. The number of rotatable bonds is 4. The monoisotopic (exact) mass is 460 g/mol. The van der Waals surface area contributed by atoms with Gasteiger partial charge in [0.25, 0.3) is 5.91 Å². The van der Waals surface area contributed by atoms with Crippen LogP contribution in [0.3, 0.4) is 0 Å². The molecule has 1 saturated heterocycles. The Labute approximate surface area is 197 Å². The minimum atomic E-state index is 0.0695. The molecule has 0 N–H and O–H groups in total. The molecule has 0 radical (unpaired) electrons. The lowest BCUT2D eigenvalue weighted by atomic mass is 10.1. The number of para-hydroxylation sites is 1. The van der Waals surface area contributed by atoms with Crippen molar-refractivity contribution in [1.29, 1.82) is 0 Å². The minimum Gasteiger partial charge on any atom is -0.352 e. The Hall–Kier alpha value is -3.45. The normalized spacial score (nSPS) is 14.2. The maximum absolute atomic E-state index is 12.9. The van der Waals surface area contributed by atoms with E-state index in [1.54, 1.807) is 0 Å². The van der Waals surface area contributed by atoms with E-state index in [0.717, 1.165) is 39.6 Å². The molecule has 5 rings (SSSR count). The van der Waals surface area contributed by atoms with Crippen molar-refractivity contribution in [2.45, 2.75) is 20.3 Å². The summed E-state index contributed by atoms with van der Waals surface area (Å²) in [6, 6.07) is 17.1. The zero-order valence-corrected chi connectivity index (χ0v) is 19.5. The lowest BCUT2D eigenvalue weighted by Crippen LogP contribution is -2.49. The van der Waals surface area contributed by atoms with Crippen LogP contribution in [0, 0.1) is 6.92 Å². The second-order valence-electron chi connectivity index (χ2n) is 8.11. The number of carbonyl (C=O) groups excluding carboxylic acids is 1. The summed E-state index contributed by atoms with van der Waals surface area (Å²) < 4.78 is 1.81. The number of benzene rings is 2. The van der Waals surface area contributed by atoms with Crippen LogP contribution in [0.5, 0.6) is 0 Å². The van der Waals surface area contributed by atoms with Crippen LogP contribution in [0.1, 0.15) is 28.8 Å². The number of amides is 1. The highest BCUT2D eigenvalue weighted by atomic mass is 35.5. The van der Waals surface area contributed by atoms with Crippen LogP contribution in [0.2, 0.25) is 5.02 Å². The first-order chi connectivity index (χ1) is 16.1. The number of nitrogens with zero attached hydrogens (tertiary/aromatic N) is 6. The molecule has 33 heavy (non-hydrogen) atoms. The van der Waals surface area contributed by atoms with E-state index in [0.29, 0.717) is 37.6 Å². The van der Waals surface area contributed by atoms with E-state index in [2.05, 4.69) is 4.90 Å². The van der Waals surface area contributed by atoms with Crippen molar-refractivity contribution in [3.63, 3.8) is 0 Å². The first kappa shape index (κ1) is 21.4. The molecule has 1 fully saturated rings. The Morgan fingerprint density at radius 2 is 1.67 bits per heavy atom. The summed E-state index contributed by atoms with van der Waals surface area (Å²) in [4.78, 5) is 26.7. The van der Waals surface area contributed by atoms with Crippen molar-refractivity contribution in [2.24, 2.45) is 0 Å². The second kappa shape index (κ2) is 8.83. The molecule has 2 aromatic heterocycles. The van der Waals surface area contributed by atoms with Crippen LogP contribution in [0.4, 0.5) is 5.82 Å². The van der Waals surface area contributed by atoms with E-state index in [1.165, 1.54) is 0 Å². The summed E-state index contributed by atoms with van der Waals surface area (Å²) in [6.07, 6.45) is 0.710. The average Bonchev–Trinajstić information content (AvgIpc) is 3.20. The number of aryl methyl sites for hydroxylation is 2. The third-order valence-corrected chi connectivity index (χ3v) is 6.33. The van der Waals surface area contributed by atoms with Crippen LogP contribution >= 0.6 is 11.6 Å². The molecule has 3 heterocycles. The van der Waals surface area contributed by atoms with Gasteiger partial charge in [0.2, 0.25) is 0 Å². The quantitative estimate of drug-likeness (QED) is 0.454. The van der Waals surface area contributed by atoms with Gasteiger partial charge < -0.3 is 9.80 Å². The molecule has 1 aliphatic heterocycles. The lowest BCUT2D eigenvalue weighted by molar-refractivity contribution is 0.0746. The molecule has 0 bridgehead atoms. The van der Waals surface area contributed by atoms with Crippen LogP contribution in [-0.2, 0) is 6.42 Å². The zero-order valence-electron chi connectivity index (χ0n) is 18.7. The predicted molar refractivity (Wildman–Crippen MR) is 130 cm³/mol. The molecule has 0 spiro atoms. The third kappa shape index (κ3) is 3.93. The maximum Gasteiger partial charge on any atom is 0.253 e. The van der Waals surface area contributed by atoms with Gasteiger partial charge in [0, 0.05) is 38.2 Å². The van der Waals surface area contributed by atoms with Crippen molar-refractivity contribution in [3.05, 3.63) is 76.7 Å². The van der Waals surface area contributed by atoms with Crippen molar-refractivity contribution >= 4 is 34.4 Å². The fraction of sp³-hybridized carbons (Fsp3) is 0.280. The SMILES string of the molecule is CCc1nc(N2CCN(C(=O)c3ccccc3)CC2)c2c(C)nn(-c3ccccc3Cl)c2n1. The lowest BCUT2D eigenvalue weighted by Gasteiger charge is -2.35. The summed E-state index contributed by atoms with van der Waals surface area (Å²) in [5, 5.41) is 6.32. The topological polar surface area (TPSA) is 67.2 Å². The number of anilines is 1. The molecule has 8 heteroatoms. The molecule has 1 amide bonds. The van der Waals surface area contributed by atoms with Crippen LogP contribution in [0.25, 0.3) is 16.7 Å². The van der Waals surface area contributed by atoms with Gasteiger partial charge in [-0.05, 0) is 31.2 Å². The fourth-order valence-corrected chi connectivity index (χ4v) is 4.48. The number of hydrogen-bond acceptors (Lipinski definition) is 5. The van der Waals surface area contributed by atoms with Crippen LogP contribution in [0.15, 0.2) is 54.6 Å². The summed E-state index contributed by atoms with van der Waals surface area (Å²) in [5.74, 6) is 1.70. The highest BCUT2D eigenvalue weighted by Gasteiger charge is 2.27. The number of aromatic nitrogens is 4. The molecule has 4 aromatic rings. The Morgan fingerprint density at radius 3 is 2.36 bits per heavy atom. The number of fused-ring (bicyclic) bond motifs is 1. The van der Waals surface area contributed by atoms with E-state index in [-0.39, 0.29) is 5.91 Å². The summed E-state index contributed by atoms with van der Waals surface area (Å²) >= 11 is 6.47. The van der Waals surface area contributed by atoms with Crippen molar-refractivity contribution in [3.8, 4) is 5.69 Å². The van der Waals surface area contributed by atoms with Gasteiger partial charge in [-0.15, -0.1) is 0 Å². The molecule has 168 valence electrons. The molecular weight excluding hydrogens is 436 g/mol. The number of piperazine rings is 1. The average molecular weight is 461 g/mol. The molecule has 7 nitrogen and oxygen atoms in total. The van der Waals surface area contributed by atoms with Gasteiger partial charge in [0.05, 0.1) is 21.8 Å². The van der Waals surface area contributed by atoms with E-state index >= 15 is 0 Å². The Bertz CT molecular complexity index is 1310. The summed E-state index contributed by atoms with van der Waals surface area (Å²) in [6.45, 7) is 6.69. The summed E-state index contributed by atoms with van der Waals surface area (Å²) in [5.41, 5.74) is 3.12. The number of halogens is 1. The third-order valence-electron chi connectivity index (χ3n) is 6.01. The Balaban J connectivity index is 1.49. The van der Waals surface area contributed by atoms with E-state index in [4.69, 9.17) is 26.7 Å². The van der Waals surface area contributed by atoms with Crippen molar-refractivity contribution < 1.29 is 4.79 Å². The molecular formula is C25H25ClN6O. The van der Waals surface area contributed by atoms with Gasteiger partial charge in [-0.3, -0.25) is 4.79 Å². The van der Waals surface area contributed by atoms with Gasteiger partial charge in [-0.1, -0.05) is 48.9 Å². The first-order valence-electron chi connectivity index (χ1n) is 11.2. The zero-order chi connectivity index (χ0) is 22.9. The highest BCUT2D eigenvalue weighted by molar-refractivity contribution is 6.32. The predicted octanol–water partition coefficient (Wildman–Crippen LogP) is 4.30. The molecule has 0 atom stereocenters. The molecule has 0 aliphatic carbocycles. The largest absolute Gasteiger partial charge is 0.352 e. The molecule has 1 aliphatic rings. The fourth-order valence-electron chi connectivity index (χ4n) is 4.27. The molecule has 2 aromatic carbocycles. The molecule has 0 unspecified atom stereocenters. The standard InChI is InChI=1S/C25H25ClN6O/c1-3-21-27-23(30-13-15-31(16-14-30)25(33)18-9-5-4-6-10-18)22-17(2)29-32(24(22)28-21)20-12-8-7-11-19(20)26/h4-12H,3,13-16H2,1-2H3. The summed E-state index contributed by atoms with van der Waals surface area (Å²) in [7, 11) is 0. The minimum absolute atomic E-state index is 0.0695. The van der Waals surface area contributed by atoms with Gasteiger partial charge in [-0.2, -0.15) is 5.10 Å². The number of hydrogen-bond donors (Lipinski definition) is 0. The Kier molecular flexibility index (Phi) is 5.72. The first-order valence-corrected chi connectivity index (χ1v) is 11.5. The van der Waals surface area contributed by atoms with E-state index in [9.17, 15) is 4.79 Å². The van der Waals surface area contributed by atoms with Gasteiger partial charge >= 0.3 is 0 Å². The van der Waals surface area contributed by atoms with Crippen molar-refractivity contribution in [2.75, 3.05) is 31.1 Å². The van der Waals surface area contributed by atoms with Gasteiger partial charge in [-0.25, -0.2) is 14.6 Å². The van der Waals surface area contributed by atoms with Crippen molar-refractivity contribution in [1.82, 2.24) is 24.6 Å². The van der Waals surface area contributed by atoms with Crippen LogP contribution in [-0.4, -0.2) is 56.7 Å². The second-order valence-corrected chi connectivity index (χ2v) is 8.52.